The molecule has 0 amide bonds. The first kappa shape index (κ1) is 18.6. The van der Waals surface area contributed by atoms with E-state index in [0.29, 0.717) is 6.42 Å². The minimum atomic E-state index is -1.25. The number of aliphatic hydroxyl groups excluding tert-OH is 1. The molecule has 0 aliphatic heterocycles. The van der Waals surface area contributed by atoms with E-state index in [2.05, 4.69) is 13.5 Å². The normalized spacial score (nSPS) is 14.8. The van der Waals surface area contributed by atoms with Gasteiger partial charge in [0.15, 0.2) is 0 Å². The number of aliphatic hydroxyl groups is 1. The Morgan fingerprint density at radius 2 is 1.83 bits per heavy atom. The van der Waals surface area contributed by atoms with E-state index in [-0.39, 0.29) is 5.92 Å². The first-order chi connectivity index (χ1) is 11.6. The minimum Gasteiger partial charge on any atom is -0.392 e. The number of rotatable bonds is 8. The first-order valence-corrected chi connectivity index (χ1v) is 9.59. The van der Waals surface area contributed by atoms with Crippen molar-refractivity contribution in [3.05, 3.63) is 72.3 Å². The molecular formula is C21H26O2S. The van der Waals surface area contributed by atoms with Crippen LogP contribution in [0.25, 0.3) is 0 Å². The zero-order chi connectivity index (χ0) is 17.5. The first-order valence-electron chi connectivity index (χ1n) is 8.44. The van der Waals surface area contributed by atoms with E-state index in [9.17, 15) is 9.32 Å². The molecule has 2 aromatic carbocycles. The second kappa shape index (κ2) is 8.95. The highest BCUT2D eigenvalue weighted by Gasteiger charge is 2.24. The van der Waals surface area contributed by atoms with Crippen molar-refractivity contribution in [2.24, 2.45) is 0 Å². The van der Waals surface area contributed by atoms with Crippen molar-refractivity contribution in [3.63, 3.8) is 0 Å². The van der Waals surface area contributed by atoms with E-state index in [1.807, 2.05) is 55.5 Å². The Labute approximate surface area is 147 Å². The molecular weight excluding hydrogens is 316 g/mol. The third-order valence-electron chi connectivity index (χ3n) is 4.23. The molecule has 128 valence electrons. The predicted octanol–water partition coefficient (Wildman–Crippen LogP) is 4.98. The fourth-order valence-corrected chi connectivity index (χ4v) is 4.22. The van der Waals surface area contributed by atoms with Gasteiger partial charge in [-0.3, -0.25) is 0 Å². The van der Waals surface area contributed by atoms with Crippen molar-refractivity contribution in [2.75, 3.05) is 0 Å². The Hall–Kier alpha value is -1.71. The van der Waals surface area contributed by atoms with Gasteiger partial charge in [0.05, 0.1) is 16.9 Å². The van der Waals surface area contributed by atoms with Crippen LogP contribution >= 0.6 is 0 Å². The number of hydrogen-bond acceptors (Lipinski definition) is 2. The summed E-state index contributed by atoms with van der Waals surface area (Å²) in [5, 5.41) is 10.5. The highest BCUT2D eigenvalue weighted by molar-refractivity contribution is 7.85. The zero-order valence-electron chi connectivity index (χ0n) is 14.4. The van der Waals surface area contributed by atoms with E-state index in [4.69, 9.17) is 0 Å². The SMILES string of the molecule is C=CC[C@H](O)[C@@H](CCC)c1ccccc1[S@@](=O)c1ccc(C)cc1. The zero-order valence-corrected chi connectivity index (χ0v) is 15.3. The van der Waals surface area contributed by atoms with E-state index < -0.39 is 16.9 Å². The summed E-state index contributed by atoms with van der Waals surface area (Å²) in [6.45, 7) is 7.85. The molecule has 3 heteroatoms. The molecule has 2 rings (SSSR count). The predicted molar refractivity (Wildman–Crippen MR) is 101 cm³/mol. The number of aryl methyl sites for hydroxylation is 1. The molecule has 0 saturated heterocycles. The fourth-order valence-electron chi connectivity index (χ4n) is 2.95. The van der Waals surface area contributed by atoms with E-state index in [1.54, 1.807) is 6.08 Å². The number of hydrogen-bond donors (Lipinski definition) is 1. The summed E-state index contributed by atoms with van der Waals surface area (Å²) in [4.78, 5) is 1.59. The van der Waals surface area contributed by atoms with Gasteiger partial charge in [0, 0.05) is 15.7 Å². The third-order valence-corrected chi connectivity index (χ3v) is 5.70. The molecule has 2 aromatic rings. The van der Waals surface area contributed by atoms with Crippen LogP contribution in [0.5, 0.6) is 0 Å². The molecule has 0 heterocycles. The highest BCUT2D eigenvalue weighted by atomic mass is 32.2. The molecule has 0 aromatic heterocycles. The van der Waals surface area contributed by atoms with Crippen LogP contribution in [0.15, 0.2) is 71.0 Å². The van der Waals surface area contributed by atoms with Gasteiger partial charge >= 0.3 is 0 Å². The smallest absolute Gasteiger partial charge is 0.0852 e. The van der Waals surface area contributed by atoms with Crippen molar-refractivity contribution >= 4 is 10.8 Å². The van der Waals surface area contributed by atoms with Gasteiger partial charge in [-0.2, -0.15) is 0 Å². The molecule has 0 radical (unpaired) electrons. The molecule has 1 N–H and O–H groups in total. The van der Waals surface area contributed by atoms with Crippen molar-refractivity contribution in [3.8, 4) is 0 Å². The van der Waals surface area contributed by atoms with Gasteiger partial charge in [0.25, 0.3) is 0 Å². The summed E-state index contributed by atoms with van der Waals surface area (Å²) in [5.41, 5.74) is 2.13. The van der Waals surface area contributed by atoms with Crippen molar-refractivity contribution in [2.45, 2.75) is 54.9 Å². The molecule has 0 spiro atoms. The van der Waals surface area contributed by atoms with Crippen LogP contribution in [0.4, 0.5) is 0 Å². The summed E-state index contributed by atoms with van der Waals surface area (Å²) in [6, 6.07) is 15.6. The topological polar surface area (TPSA) is 37.3 Å². The van der Waals surface area contributed by atoms with Gasteiger partial charge in [0.2, 0.25) is 0 Å². The summed E-state index contributed by atoms with van der Waals surface area (Å²) in [6.07, 6.45) is 3.60. The maximum Gasteiger partial charge on any atom is 0.0852 e. The molecule has 24 heavy (non-hydrogen) atoms. The summed E-state index contributed by atoms with van der Waals surface area (Å²) in [5.74, 6) is -0.0291. The average molecular weight is 343 g/mol. The van der Waals surface area contributed by atoms with Crippen LogP contribution in [0.2, 0.25) is 0 Å². The average Bonchev–Trinajstić information content (AvgIpc) is 2.60. The van der Waals surface area contributed by atoms with E-state index in [1.165, 1.54) is 0 Å². The lowest BCUT2D eigenvalue weighted by molar-refractivity contribution is 0.140. The lowest BCUT2D eigenvalue weighted by Gasteiger charge is -2.24. The van der Waals surface area contributed by atoms with Gasteiger partial charge < -0.3 is 5.11 Å². The lowest BCUT2D eigenvalue weighted by Crippen LogP contribution is -2.19. The van der Waals surface area contributed by atoms with Gasteiger partial charge in [-0.05, 0) is 43.5 Å². The van der Waals surface area contributed by atoms with Crippen molar-refractivity contribution in [1.29, 1.82) is 0 Å². The van der Waals surface area contributed by atoms with Crippen LogP contribution in [-0.2, 0) is 10.8 Å². The molecule has 0 saturated carbocycles. The van der Waals surface area contributed by atoms with Gasteiger partial charge in [-0.15, -0.1) is 6.58 Å². The number of benzene rings is 2. The standard InChI is InChI=1S/C21H26O2S/c1-4-8-18(20(22)9-5-2)19-10-6-7-11-21(19)24(23)17-14-12-16(3)13-15-17/h5-7,10-15,18,20,22H,2,4,8-9H2,1,3H3/t18-,20-,24-/m0/s1. The van der Waals surface area contributed by atoms with Crippen LogP contribution in [0, 0.1) is 6.92 Å². The molecule has 0 fully saturated rings. The van der Waals surface area contributed by atoms with Crippen LogP contribution in [-0.4, -0.2) is 15.4 Å². The monoisotopic (exact) mass is 342 g/mol. The molecule has 0 aliphatic rings. The van der Waals surface area contributed by atoms with Crippen molar-refractivity contribution in [1.82, 2.24) is 0 Å². The van der Waals surface area contributed by atoms with Crippen LogP contribution in [0.1, 0.15) is 43.2 Å². The Kier molecular flexibility index (Phi) is 6.95. The second-order valence-electron chi connectivity index (χ2n) is 6.11. The largest absolute Gasteiger partial charge is 0.392 e. The van der Waals surface area contributed by atoms with Crippen LogP contribution < -0.4 is 0 Å². The Balaban J connectivity index is 2.42. The third kappa shape index (κ3) is 4.43. The maximum atomic E-state index is 13.1. The van der Waals surface area contributed by atoms with E-state index >= 15 is 0 Å². The Bertz CT molecular complexity index is 691. The molecule has 3 atom stereocenters. The highest BCUT2D eigenvalue weighted by Crippen LogP contribution is 2.33. The van der Waals surface area contributed by atoms with Gasteiger partial charge in [-0.1, -0.05) is 55.3 Å². The molecule has 0 aliphatic carbocycles. The Morgan fingerprint density at radius 1 is 1.17 bits per heavy atom. The quantitative estimate of drug-likeness (QED) is 0.687. The molecule has 2 nitrogen and oxygen atoms in total. The summed E-state index contributed by atoms with van der Waals surface area (Å²) >= 11 is 0. The molecule has 0 bridgehead atoms. The van der Waals surface area contributed by atoms with Crippen molar-refractivity contribution < 1.29 is 9.32 Å². The second-order valence-corrected chi connectivity index (χ2v) is 7.56. The summed E-state index contributed by atoms with van der Waals surface area (Å²) < 4.78 is 13.1. The fraction of sp³-hybridized carbons (Fsp3) is 0.333. The Morgan fingerprint density at radius 3 is 2.46 bits per heavy atom. The maximum absolute atomic E-state index is 13.1. The molecule has 0 unspecified atom stereocenters. The van der Waals surface area contributed by atoms with Gasteiger partial charge in [-0.25, -0.2) is 4.21 Å². The minimum absolute atomic E-state index is 0.0291. The van der Waals surface area contributed by atoms with Gasteiger partial charge in [0.1, 0.15) is 0 Å². The van der Waals surface area contributed by atoms with Crippen LogP contribution in [0.3, 0.4) is 0 Å². The lowest BCUT2D eigenvalue weighted by atomic mass is 9.88. The van der Waals surface area contributed by atoms with E-state index in [0.717, 1.165) is 33.8 Å². The summed E-state index contributed by atoms with van der Waals surface area (Å²) in [7, 11) is -1.25.